The van der Waals surface area contributed by atoms with E-state index in [2.05, 4.69) is 29.6 Å². The maximum absolute atomic E-state index is 12.0. The van der Waals surface area contributed by atoms with Gasteiger partial charge in [-0.05, 0) is 49.1 Å². The molecule has 1 aliphatic heterocycles. The van der Waals surface area contributed by atoms with Crippen LogP contribution in [0.3, 0.4) is 0 Å². The predicted molar refractivity (Wildman–Crippen MR) is 82.2 cm³/mol. The number of nitrogens with zero attached hydrogens (tertiary/aromatic N) is 1. The number of nitrogens with one attached hydrogen (secondary N) is 1. The van der Waals surface area contributed by atoms with E-state index < -0.39 is 0 Å². The Hall–Kier alpha value is -1.55. The third kappa shape index (κ3) is 3.56. The molecule has 2 N–H and O–H groups in total. The van der Waals surface area contributed by atoms with Crippen LogP contribution >= 0.6 is 0 Å². The number of aliphatic hydroxyl groups is 1. The number of fused-ring (bicyclic) bond motifs is 1. The first-order chi connectivity index (χ1) is 10.2. The highest BCUT2D eigenvalue weighted by Crippen LogP contribution is 2.28. The van der Waals surface area contributed by atoms with Crippen LogP contribution in [0, 0.1) is 5.92 Å². The summed E-state index contributed by atoms with van der Waals surface area (Å²) in [6.45, 7) is 1.96. The molecule has 114 valence electrons. The Bertz CT molecular complexity index is 478. The third-order valence-corrected chi connectivity index (χ3v) is 4.65. The van der Waals surface area contributed by atoms with E-state index in [0.29, 0.717) is 12.5 Å². The number of likely N-dealkylation sites (tertiary alicyclic amines) is 1. The van der Waals surface area contributed by atoms with Crippen LogP contribution in [0.5, 0.6) is 0 Å². The molecule has 1 unspecified atom stereocenters. The summed E-state index contributed by atoms with van der Waals surface area (Å²) >= 11 is 0. The number of carbonyl (C=O) groups excluding carboxylic acids is 1. The lowest BCUT2D eigenvalue weighted by Gasteiger charge is -2.30. The first-order valence-corrected chi connectivity index (χ1v) is 8.00. The summed E-state index contributed by atoms with van der Waals surface area (Å²) in [6, 6.07) is 8.60. The molecule has 1 aromatic carbocycles. The van der Waals surface area contributed by atoms with Gasteiger partial charge >= 0.3 is 6.03 Å². The van der Waals surface area contributed by atoms with Crippen molar-refractivity contribution < 1.29 is 9.90 Å². The van der Waals surface area contributed by atoms with Crippen molar-refractivity contribution in [3.05, 3.63) is 35.4 Å². The summed E-state index contributed by atoms with van der Waals surface area (Å²) in [4.78, 5) is 13.8. The lowest BCUT2D eigenvalue weighted by molar-refractivity contribution is 0.0842. The maximum atomic E-state index is 12.0. The second-order valence-electron chi connectivity index (χ2n) is 6.31. The number of rotatable bonds is 3. The van der Waals surface area contributed by atoms with Gasteiger partial charge < -0.3 is 15.3 Å². The number of aliphatic hydroxyl groups excluding tert-OH is 1. The molecule has 1 saturated heterocycles. The van der Waals surface area contributed by atoms with Crippen LogP contribution in [-0.2, 0) is 12.8 Å². The molecule has 0 saturated carbocycles. The van der Waals surface area contributed by atoms with Crippen molar-refractivity contribution in [2.45, 2.75) is 38.2 Å². The van der Waals surface area contributed by atoms with Crippen LogP contribution < -0.4 is 5.32 Å². The largest absolute Gasteiger partial charge is 0.391 e. The van der Waals surface area contributed by atoms with Crippen LogP contribution in [0.15, 0.2) is 24.3 Å². The second-order valence-corrected chi connectivity index (χ2v) is 6.31. The topological polar surface area (TPSA) is 52.6 Å². The Morgan fingerprint density at radius 1 is 1.29 bits per heavy atom. The molecule has 0 radical (unpaired) electrons. The molecule has 2 amide bonds. The first-order valence-electron chi connectivity index (χ1n) is 8.00. The van der Waals surface area contributed by atoms with Crippen molar-refractivity contribution in [2.75, 3.05) is 19.6 Å². The monoisotopic (exact) mass is 288 g/mol. The number of hydrogen-bond acceptors (Lipinski definition) is 2. The Morgan fingerprint density at radius 2 is 2.00 bits per heavy atom. The fourth-order valence-corrected chi connectivity index (χ4v) is 3.49. The Balaban J connectivity index is 1.40. The maximum Gasteiger partial charge on any atom is 0.317 e. The van der Waals surface area contributed by atoms with E-state index in [0.717, 1.165) is 45.2 Å². The number of amides is 2. The van der Waals surface area contributed by atoms with Crippen molar-refractivity contribution in [3.8, 4) is 0 Å². The summed E-state index contributed by atoms with van der Waals surface area (Å²) < 4.78 is 0. The van der Waals surface area contributed by atoms with E-state index in [1.807, 2.05) is 0 Å². The van der Waals surface area contributed by atoms with Crippen LogP contribution in [-0.4, -0.2) is 41.8 Å². The fourth-order valence-electron chi connectivity index (χ4n) is 3.49. The Kier molecular flexibility index (Phi) is 4.44. The molecule has 1 fully saturated rings. The van der Waals surface area contributed by atoms with Crippen LogP contribution in [0.2, 0.25) is 0 Å². The van der Waals surface area contributed by atoms with Crippen molar-refractivity contribution in [1.29, 1.82) is 0 Å². The summed E-state index contributed by atoms with van der Waals surface area (Å²) in [6.07, 6.45) is 4.64. The van der Waals surface area contributed by atoms with Crippen LogP contribution in [0.4, 0.5) is 4.79 Å². The van der Waals surface area contributed by atoms with Gasteiger partial charge in [0.15, 0.2) is 0 Å². The van der Waals surface area contributed by atoms with E-state index in [9.17, 15) is 9.90 Å². The van der Waals surface area contributed by atoms with Crippen molar-refractivity contribution >= 4 is 6.03 Å². The molecule has 0 bridgehead atoms. The van der Waals surface area contributed by atoms with Crippen molar-refractivity contribution in [2.24, 2.45) is 5.92 Å². The molecule has 4 nitrogen and oxygen atoms in total. The number of β-amino-alcohol motifs (C(OH)–C–C–N with tert-alkyl or cyclic N) is 1. The molecular formula is C17H24N2O2. The van der Waals surface area contributed by atoms with Gasteiger partial charge in [-0.2, -0.15) is 0 Å². The van der Waals surface area contributed by atoms with Gasteiger partial charge in [0.2, 0.25) is 0 Å². The van der Waals surface area contributed by atoms with Gasteiger partial charge in [0.25, 0.3) is 0 Å². The van der Waals surface area contributed by atoms with E-state index in [1.165, 1.54) is 11.1 Å². The van der Waals surface area contributed by atoms with Gasteiger partial charge in [-0.1, -0.05) is 24.3 Å². The quantitative estimate of drug-likeness (QED) is 0.893. The minimum absolute atomic E-state index is 0.0238. The van der Waals surface area contributed by atoms with Gasteiger partial charge in [-0.3, -0.25) is 0 Å². The van der Waals surface area contributed by atoms with Gasteiger partial charge in [0.1, 0.15) is 0 Å². The normalized spacial score (nSPS) is 22.1. The molecule has 0 spiro atoms. The first kappa shape index (κ1) is 14.4. The number of piperidine rings is 1. The lowest BCUT2D eigenvalue weighted by atomic mass is 10.0. The van der Waals surface area contributed by atoms with E-state index in [-0.39, 0.29) is 12.1 Å². The predicted octanol–water partition coefficient (Wildman–Crippen LogP) is 1.96. The van der Waals surface area contributed by atoms with Gasteiger partial charge in [-0.15, -0.1) is 0 Å². The average Bonchev–Trinajstić information content (AvgIpc) is 2.89. The standard InChI is InChI=1S/C17H24N2O2/c20-16-6-3-9-19(12-16)17(21)18-8-7-13-10-14-4-1-2-5-15(14)11-13/h1-2,4-5,13,16,20H,3,6-12H2,(H,18,21). The molecule has 1 aromatic rings. The molecule has 1 atom stereocenters. The molecule has 1 aliphatic carbocycles. The Labute approximate surface area is 126 Å². The second kappa shape index (κ2) is 6.48. The number of urea groups is 1. The smallest absolute Gasteiger partial charge is 0.317 e. The zero-order chi connectivity index (χ0) is 14.7. The fraction of sp³-hybridized carbons (Fsp3) is 0.588. The number of hydrogen-bond donors (Lipinski definition) is 2. The SMILES string of the molecule is O=C(NCCC1Cc2ccccc2C1)N1CCCC(O)C1. The molecule has 2 aliphatic rings. The zero-order valence-electron chi connectivity index (χ0n) is 12.4. The molecular weight excluding hydrogens is 264 g/mol. The summed E-state index contributed by atoms with van der Waals surface area (Å²) in [5.41, 5.74) is 2.93. The van der Waals surface area contributed by atoms with Gasteiger partial charge in [-0.25, -0.2) is 4.79 Å². The van der Waals surface area contributed by atoms with Crippen molar-refractivity contribution in [1.82, 2.24) is 10.2 Å². The summed E-state index contributed by atoms with van der Waals surface area (Å²) in [7, 11) is 0. The lowest BCUT2D eigenvalue weighted by Crippen LogP contribution is -2.47. The number of benzene rings is 1. The summed E-state index contributed by atoms with van der Waals surface area (Å²) in [5.74, 6) is 0.648. The Morgan fingerprint density at radius 3 is 2.67 bits per heavy atom. The third-order valence-electron chi connectivity index (χ3n) is 4.65. The van der Waals surface area contributed by atoms with Crippen LogP contribution in [0.1, 0.15) is 30.4 Å². The minimum atomic E-state index is -0.353. The molecule has 3 rings (SSSR count). The van der Waals surface area contributed by atoms with Crippen LogP contribution in [0.25, 0.3) is 0 Å². The van der Waals surface area contributed by atoms with E-state index in [4.69, 9.17) is 0 Å². The number of carbonyl (C=O) groups is 1. The van der Waals surface area contributed by atoms with Gasteiger partial charge in [0, 0.05) is 19.6 Å². The zero-order valence-corrected chi connectivity index (χ0v) is 12.4. The highest BCUT2D eigenvalue weighted by atomic mass is 16.3. The minimum Gasteiger partial charge on any atom is -0.391 e. The van der Waals surface area contributed by atoms with Crippen molar-refractivity contribution in [3.63, 3.8) is 0 Å². The van der Waals surface area contributed by atoms with Gasteiger partial charge in [0.05, 0.1) is 6.10 Å². The highest BCUT2D eigenvalue weighted by Gasteiger charge is 2.23. The molecule has 21 heavy (non-hydrogen) atoms. The van der Waals surface area contributed by atoms with E-state index in [1.54, 1.807) is 4.90 Å². The molecule has 4 heteroatoms. The molecule has 0 aromatic heterocycles. The average molecular weight is 288 g/mol. The summed E-state index contributed by atoms with van der Waals surface area (Å²) in [5, 5.41) is 12.6. The highest BCUT2D eigenvalue weighted by molar-refractivity contribution is 5.74. The van der Waals surface area contributed by atoms with E-state index >= 15 is 0 Å². The molecule has 1 heterocycles.